The molecule has 0 aromatic heterocycles. The number of carbonyl (C=O) groups excluding carboxylic acids is 2. The Hall–Kier alpha value is -3.66. The van der Waals surface area contributed by atoms with Gasteiger partial charge in [0.2, 0.25) is 0 Å². The molecule has 4 heteroatoms. The van der Waals surface area contributed by atoms with Crippen molar-refractivity contribution in [1.29, 1.82) is 0 Å². The number of benzene rings is 3. The van der Waals surface area contributed by atoms with Crippen molar-refractivity contribution in [1.82, 2.24) is 0 Å². The van der Waals surface area contributed by atoms with Crippen LogP contribution in [0.1, 0.15) is 16.7 Å². The van der Waals surface area contributed by atoms with Crippen molar-refractivity contribution in [2.45, 2.75) is 13.8 Å². The lowest BCUT2D eigenvalue weighted by Crippen LogP contribution is -2.34. The van der Waals surface area contributed by atoms with Crippen molar-refractivity contribution in [3.63, 3.8) is 0 Å². The fourth-order valence-corrected chi connectivity index (χ4v) is 3.57. The Morgan fingerprint density at radius 3 is 1.97 bits per heavy atom. The Morgan fingerprint density at radius 2 is 1.34 bits per heavy atom. The van der Waals surface area contributed by atoms with Crippen LogP contribution in [0, 0.1) is 13.8 Å². The molecule has 0 bridgehead atoms. The predicted molar refractivity (Wildman–Crippen MR) is 117 cm³/mol. The van der Waals surface area contributed by atoms with Gasteiger partial charge in [0.1, 0.15) is 5.70 Å². The number of carbonyl (C=O) groups is 2. The van der Waals surface area contributed by atoms with E-state index in [1.165, 1.54) is 4.90 Å². The number of hydrogen-bond acceptors (Lipinski definition) is 3. The summed E-state index contributed by atoms with van der Waals surface area (Å²) in [6.07, 6.45) is 0. The van der Waals surface area contributed by atoms with Gasteiger partial charge >= 0.3 is 0 Å². The highest BCUT2D eigenvalue weighted by atomic mass is 16.2. The van der Waals surface area contributed by atoms with E-state index >= 15 is 0 Å². The minimum Gasteiger partial charge on any atom is -0.339 e. The first-order chi connectivity index (χ1) is 14.0. The van der Waals surface area contributed by atoms with Gasteiger partial charge in [-0.15, -0.1) is 0 Å². The van der Waals surface area contributed by atoms with Gasteiger partial charge in [-0.2, -0.15) is 0 Å². The normalized spacial score (nSPS) is 14.0. The number of imide groups is 1. The van der Waals surface area contributed by atoms with Crippen LogP contribution in [-0.4, -0.2) is 18.9 Å². The topological polar surface area (TPSA) is 40.6 Å². The van der Waals surface area contributed by atoms with Crippen molar-refractivity contribution in [3.05, 3.63) is 101 Å². The van der Waals surface area contributed by atoms with E-state index in [1.807, 2.05) is 99.8 Å². The molecule has 0 aliphatic carbocycles. The van der Waals surface area contributed by atoms with E-state index in [0.29, 0.717) is 17.0 Å². The average molecular weight is 382 g/mol. The molecule has 144 valence electrons. The number of amides is 2. The Balaban J connectivity index is 1.87. The van der Waals surface area contributed by atoms with Gasteiger partial charge < -0.3 is 4.90 Å². The van der Waals surface area contributed by atoms with E-state index in [4.69, 9.17) is 0 Å². The Morgan fingerprint density at radius 1 is 0.724 bits per heavy atom. The first-order valence-corrected chi connectivity index (χ1v) is 9.53. The minimum atomic E-state index is -0.316. The maximum absolute atomic E-state index is 13.5. The summed E-state index contributed by atoms with van der Waals surface area (Å²) in [5, 5.41) is 0. The quantitative estimate of drug-likeness (QED) is 0.613. The third-order valence-electron chi connectivity index (χ3n) is 5.35. The second kappa shape index (κ2) is 7.40. The zero-order valence-corrected chi connectivity index (χ0v) is 16.7. The predicted octanol–water partition coefficient (Wildman–Crippen LogP) is 4.72. The summed E-state index contributed by atoms with van der Waals surface area (Å²) in [6.45, 7) is 3.99. The molecule has 4 rings (SSSR count). The lowest BCUT2D eigenvalue weighted by molar-refractivity contribution is -0.120. The van der Waals surface area contributed by atoms with Gasteiger partial charge in [0, 0.05) is 12.7 Å². The molecule has 0 fully saturated rings. The third kappa shape index (κ3) is 3.23. The van der Waals surface area contributed by atoms with E-state index < -0.39 is 0 Å². The zero-order chi connectivity index (χ0) is 20.5. The van der Waals surface area contributed by atoms with Gasteiger partial charge in [-0.1, -0.05) is 54.6 Å². The van der Waals surface area contributed by atoms with Crippen molar-refractivity contribution in [2.75, 3.05) is 16.8 Å². The maximum Gasteiger partial charge on any atom is 0.282 e. The molecule has 1 heterocycles. The van der Waals surface area contributed by atoms with Crippen molar-refractivity contribution >= 4 is 28.8 Å². The van der Waals surface area contributed by atoms with Crippen LogP contribution in [0.15, 0.2) is 84.6 Å². The van der Waals surface area contributed by atoms with Gasteiger partial charge in [0.15, 0.2) is 0 Å². The van der Waals surface area contributed by atoms with Crippen molar-refractivity contribution < 1.29 is 9.59 Å². The summed E-state index contributed by atoms with van der Waals surface area (Å²) >= 11 is 0. The zero-order valence-electron chi connectivity index (χ0n) is 16.7. The maximum atomic E-state index is 13.5. The summed E-state index contributed by atoms with van der Waals surface area (Å²) in [5.41, 5.74) is 5.12. The molecule has 0 saturated carbocycles. The van der Waals surface area contributed by atoms with E-state index in [2.05, 4.69) is 0 Å². The number of hydrogen-bond donors (Lipinski definition) is 0. The molecule has 3 aromatic carbocycles. The third-order valence-corrected chi connectivity index (χ3v) is 5.35. The molecule has 0 spiro atoms. The van der Waals surface area contributed by atoms with E-state index in [0.717, 1.165) is 22.4 Å². The van der Waals surface area contributed by atoms with Crippen LogP contribution in [0.25, 0.3) is 5.57 Å². The molecule has 0 N–H and O–H groups in total. The molecule has 0 atom stereocenters. The average Bonchev–Trinajstić information content (AvgIpc) is 3.01. The van der Waals surface area contributed by atoms with E-state index in [-0.39, 0.29) is 11.8 Å². The second-order valence-electron chi connectivity index (χ2n) is 7.20. The number of anilines is 2. The number of para-hydroxylation sites is 1. The van der Waals surface area contributed by atoms with Gasteiger partial charge in [-0.05, 0) is 54.8 Å². The SMILES string of the molecule is Cc1ccc(N2C(=O)C(c3ccccc3)=C(N(C)c3ccccc3)C2=O)cc1C. The molecule has 2 amide bonds. The lowest BCUT2D eigenvalue weighted by Gasteiger charge is -2.22. The highest BCUT2D eigenvalue weighted by Crippen LogP contribution is 2.36. The number of aryl methyl sites for hydroxylation is 2. The Kier molecular flexibility index (Phi) is 4.77. The second-order valence-corrected chi connectivity index (χ2v) is 7.20. The monoisotopic (exact) mass is 382 g/mol. The number of nitrogens with zero attached hydrogens (tertiary/aromatic N) is 2. The number of likely N-dealkylation sites (N-methyl/N-ethyl adjacent to an activating group) is 1. The molecule has 29 heavy (non-hydrogen) atoms. The van der Waals surface area contributed by atoms with E-state index in [1.54, 1.807) is 4.90 Å². The highest BCUT2D eigenvalue weighted by molar-refractivity contribution is 6.46. The largest absolute Gasteiger partial charge is 0.339 e. The van der Waals surface area contributed by atoms with Gasteiger partial charge in [-0.25, -0.2) is 4.90 Å². The smallest absolute Gasteiger partial charge is 0.282 e. The van der Waals surface area contributed by atoms with Crippen LogP contribution in [0.4, 0.5) is 11.4 Å². The first kappa shape index (κ1) is 18.7. The van der Waals surface area contributed by atoms with Crippen molar-refractivity contribution in [3.8, 4) is 0 Å². The lowest BCUT2D eigenvalue weighted by atomic mass is 10.0. The van der Waals surface area contributed by atoms with Crippen LogP contribution in [0.5, 0.6) is 0 Å². The van der Waals surface area contributed by atoms with E-state index in [9.17, 15) is 9.59 Å². The molecule has 0 radical (unpaired) electrons. The molecule has 0 saturated heterocycles. The van der Waals surface area contributed by atoms with Crippen LogP contribution in [-0.2, 0) is 9.59 Å². The van der Waals surface area contributed by atoms with Gasteiger partial charge in [0.05, 0.1) is 11.3 Å². The fraction of sp³-hybridized carbons (Fsp3) is 0.120. The Bertz CT molecular complexity index is 1120. The summed E-state index contributed by atoms with van der Waals surface area (Å²) in [7, 11) is 1.82. The minimum absolute atomic E-state index is 0.303. The number of rotatable bonds is 4. The molecule has 0 unspecified atom stereocenters. The first-order valence-electron chi connectivity index (χ1n) is 9.53. The fourth-order valence-electron chi connectivity index (χ4n) is 3.57. The molecule has 1 aliphatic heterocycles. The Labute approximate surface area is 170 Å². The summed E-state index contributed by atoms with van der Waals surface area (Å²) in [4.78, 5) is 30.1. The van der Waals surface area contributed by atoms with Gasteiger partial charge in [0.25, 0.3) is 11.8 Å². The molecule has 1 aliphatic rings. The summed E-state index contributed by atoms with van der Waals surface area (Å²) < 4.78 is 0. The molecule has 4 nitrogen and oxygen atoms in total. The highest BCUT2D eigenvalue weighted by Gasteiger charge is 2.42. The van der Waals surface area contributed by atoms with Crippen LogP contribution in [0.2, 0.25) is 0 Å². The molecule has 3 aromatic rings. The molecular weight excluding hydrogens is 360 g/mol. The van der Waals surface area contributed by atoms with Gasteiger partial charge in [-0.3, -0.25) is 9.59 Å². The van der Waals surface area contributed by atoms with Crippen molar-refractivity contribution in [2.24, 2.45) is 0 Å². The van der Waals surface area contributed by atoms with Crippen LogP contribution in [0.3, 0.4) is 0 Å². The van der Waals surface area contributed by atoms with Crippen LogP contribution < -0.4 is 9.80 Å². The standard InChI is InChI=1S/C25H22N2O2/c1-17-14-15-21(16-18(17)2)27-24(28)22(19-10-6-4-7-11-19)23(25(27)29)26(3)20-12-8-5-9-13-20/h4-16H,1-3H3. The summed E-state index contributed by atoms with van der Waals surface area (Å²) in [6, 6.07) is 24.6. The van der Waals surface area contributed by atoms with Crippen LogP contribution >= 0.6 is 0 Å². The summed E-state index contributed by atoms with van der Waals surface area (Å²) in [5.74, 6) is -0.620. The molecular formula is C25H22N2O2.